The van der Waals surface area contributed by atoms with Gasteiger partial charge in [-0.1, -0.05) is 66.2 Å². The zero-order valence-corrected chi connectivity index (χ0v) is 30.3. The van der Waals surface area contributed by atoms with E-state index < -0.39 is 17.1 Å². The summed E-state index contributed by atoms with van der Waals surface area (Å²) in [5.74, 6) is 0.502. The van der Waals surface area contributed by atoms with E-state index in [9.17, 15) is 14.4 Å². The summed E-state index contributed by atoms with van der Waals surface area (Å²) in [6.07, 6.45) is 1.55. The van der Waals surface area contributed by atoms with E-state index in [0.717, 1.165) is 10.5 Å². The molecule has 0 aromatic heterocycles. The first-order valence-electron chi connectivity index (χ1n) is 15.9. The van der Waals surface area contributed by atoms with Crippen molar-refractivity contribution in [3.8, 4) is 23.0 Å². The Morgan fingerprint density at radius 1 is 0.673 bits per heavy atom. The highest BCUT2D eigenvalue weighted by atomic mass is 35.5. The number of methoxy groups -OCH3 is 4. The average molecular weight is 738 g/mol. The Morgan fingerprint density at radius 3 is 1.94 bits per heavy atom. The molecule has 10 nitrogen and oxygen atoms in total. The molecular formula is C40H36ClN3O7S. The monoisotopic (exact) mass is 737 g/mol. The quantitative estimate of drug-likeness (QED) is 0.0769. The van der Waals surface area contributed by atoms with Crippen molar-refractivity contribution >= 4 is 58.5 Å². The van der Waals surface area contributed by atoms with Gasteiger partial charge in [-0.05, 0) is 71.8 Å². The molecule has 3 N–H and O–H groups in total. The second-order valence-corrected chi connectivity index (χ2v) is 12.6. The van der Waals surface area contributed by atoms with E-state index in [1.165, 1.54) is 40.2 Å². The number of halogens is 1. The number of nitrogens with one attached hydrogen (secondary N) is 3. The Morgan fingerprint density at radius 2 is 1.31 bits per heavy atom. The highest BCUT2D eigenvalue weighted by Gasteiger charge is 2.24. The van der Waals surface area contributed by atoms with Crippen molar-refractivity contribution < 1.29 is 33.3 Å². The van der Waals surface area contributed by atoms with Crippen LogP contribution < -0.4 is 34.9 Å². The van der Waals surface area contributed by atoms with Crippen LogP contribution in [0.3, 0.4) is 0 Å². The van der Waals surface area contributed by atoms with E-state index in [4.69, 9.17) is 30.5 Å². The molecule has 0 heterocycles. The lowest BCUT2D eigenvalue weighted by molar-refractivity contribution is -0.116. The fourth-order valence-corrected chi connectivity index (χ4v) is 6.33. The standard InChI is InChI=1S/C40H36ClN3O7S/c1-48-33-20-15-25(22-36(33)51-4)21-32(44-38(45)27-13-9-6-10-14-27)39(46)42-28-16-18-29(19-17-28)52-37(26-11-7-5-8-12-26)40(47)43-31-23-30(41)34(49-2)24-35(31)50-3/h5-24,37H,1-4H3,(H,42,46)(H,43,47)(H,44,45)/b32-21-. The number of thioether (sulfide) groups is 1. The number of carbonyl (C=O) groups is 3. The molecule has 3 amide bonds. The van der Waals surface area contributed by atoms with Crippen molar-refractivity contribution in [1.82, 2.24) is 5.32 Å². The third kappa shape index (κ3) is 9.45. The van der Waals surface area contributed by atoms with E-state index in [-0.39, 0.29) is 11.6 Å². The van der Waals surface area contributed by atoms with Crippen LogP contribution in [0.2, 0.25) is 5.02 Å². The number of amides is 3. The van der Waals surface area contributed by atoms with Crippen LogP contribution in [0.15, 0.2) is 126 Å². The minimum absolute atomic E-state index is 0.00870. The SMILES string of the molecule is COc1cc(OC)c(NC(=O)C(Sc2ccc(NC(=O)/C(=C/c3ccc(OC)c(OC)c3)NC(=O)c3ccccc3)cc2)c2ccccc2)cc1Cl. The molecule has 0 aliphatic rings. The van der Waals surface area contributed by atoms with Crippen molar-refractivity contribution in [3.05, 3.63) is 143 Å². The lowest BCUT2D eigenvalue weighted by atomic mass is 10.1. The van der Waals surface area contributed by atoms with Gasteiger partial charge in [0.1, 0.15) is 22.4 Å². The summed E-state index contributed by atoms with van der Waals surface area (Å²) in [7, 11) is 6.04. The molecule has 0 bridgehead atoms. The Balaban J connectivity index is 1.36. The van der Waals surface area contributed by atoms with Crippen molar-refractivity contribution in [3.63, 3.8) is 0 Å². The van der Waals surface area contributed by atoms with E-state index in [1.807, 2.05) is 30.3 Å². The van der Waals surface area contributed by atoms with Gasteiger partial charge in [0.2, 0.25) is 5.91 Å². The van der Waals surface area contributed by atoms with Crippen molar-refractivity contribution in [1.29, 1.82) is 0 Å². The van der Waals surface area contributed by atoms with Crippen LogP contribution in [0.25, 0.3) is 6.08 Å². The number of hydrogen-bond acceptors (Lipinski definition) is 8. The second-order valence-electron chi connectivity index (χ2n) is 11.1. The second kappa shape index (κ2) is 17.8. The molecule has 5 rings (SSSR count). The summed E-state index contributed by atoms with van der Waals surface area (Å²) >= 11 is 7.68. The lowest BCUT2D eigenvalue weighted by Gasteiger charge is -2.19. The number of hydrogen-bond donors (Lipinski definition) is 3. The molecule has 1 atom stereocenters. The molecule has 0 saturated heterocycles. The first kappa shape index (κ1) is 37.3. The third-order valence-corrected chi connectivity index (χ3v) is 9.25. The predicted molar refractivity (Wildman–Crippen MR) is 205 cm³/mol. The largest absolute Gasteiger partial charge is 0.495 e. The van der Waals surface area contributed by atoms with Gasteiger partial charge in [-0.3, -0.25) is 14.4 Å². The molecule has 1 unspecified atom stereocenters. The van der Waals surface area contributed by atoms with Gasteiger partial charge in [0.05, 0.1) is 39.1 Å². The molecule has 0 spiro atoms. The van der Waals surface area contributed by atoms with Crippen LogP contribution in [0.4, 0.5) is 11.4 Å². The summed E-state index contributed by atoms with van der Waals surface area (Å²) in [5, 5.41) is 8.21. The van der Waals surface area contributed by atoms with Gasteiger partial charge in [-0.2, -0.15) is 0 Å². The molecule has 0 radical (unpaired) electrons. The maximum Gasteiger partial charge on any atom is 0.272 e. The zero-order chi connectivity index (χ0) is 37.0. The Bertz CT molecular complexity index is 2060. The van der Waals surface area contributed by atoms with Gasteiger partial charge < -0.3 is 34.9 Å². The highest BCUT2D eigenvalue weighted by Crippen LogP contribution is 2.40. The molecule has 266 valence electrons. The topological polar surface area (TPSA) is 124 Å². The summed E-state index contributed by atoms with van der Waals surface area (Å²) < 4.78 is 21.5. The van der Waals surface area contributed by atoms with Crippen LogP contribution >= 0.6 is 23.4 Å². The van der Waals surface area contributed by atoms with Gasteiger partial charge in [0.25, 0.3) is 11.8 Å². The van der Waals surface area contributed by atoms with Gasteiger partial charge in [0, 0.05) is 22.2 Å². The number of rotatable bonds is 14. The number of benzene rings is 5. The smallest absolute Gasteiger partial charge is 0.272 e. The maximum atomic E-state index is 13.8. The average Bonchev–Trinajstić information content (AvgIpc) is 3.17. The van der Waals surface area contributed by atoms with Gasteiger partial charge in [-0.15, -0.1) is 11.8 Å². The number of carbonyl (C=O) groups excluding carboxylic acids is 3. The number of anilines is 2. The van der Waals surface area contributed by atoms with E-state index in [0.29, 0.717) is 50.5 Å². The van der Waals surface area contributed by atoms with Crippen LogP contribution in [0.5, 0.6) is 23.0 Å². The molecule has 0 saturated carbocycles. The first-order chi connectivity index (χ1) is 25.2. The zero-order valence-electron chi connectivity index (χ0n) is 28.8. The Kier molecular flexibility index (Phi) is 12.8. The Hall–Kier alpha value is -5.91. The van der Waals surface area contributed by atoms with Gasteiger partial charge in [-0.25, -0.2) is 0 Å². The van der Waals surface area contributed by atoms with Crippen molar-refractivity contribution in [2.45, 2.75) is 10.1 Å². The van der Waals surface area contributed by atoms with E-state index >= 15 is 0 Å². The van der Waals surface area contributed by atoms with E-state index in [1.54, 1.807) is 91.0 Å². The summed E-state index contributed by atoms with van der Waals surface area (Å²) in [6, 6.07) is 33.3. The first-order valence-corrected chi connectivity index (χ1v) is 17.1. The van der Waals surface area contributed by atoms with Gasteiger partial charge in [0.15, 0.2) is 11.5 Å². The van der Waals surface area contributed by atoms with Crippen LogP contribution in [-0.4, -0.2) is 46.2 Å². The van der Waals surface area contributed by atoms with Gasteiger partial charge >= 0.3 is 0 Å². The number of ether oxygens (including phenoxy) is 4. The van der Waals surface area contributed by atoms with Crippen molar-refractivity contribution in [2.24, 2.45) is 0 Å². The maximum absolute atomic E-state index is 13.8. The molecule has 12 heteroatoms. The van der Waals surface area contributed by atoms with E-state index in [2.05, 4.69) is 16.0 Å². The lowest BCUT2D eigenvalue weighted by Crippen LogP contribution is -2.30. The summed E-state index contributed by atoms with van der Waals surface area (Å²) in [5.41, 5.74) is 2.64. The highest BCUT2D eigenvalue weighted by molar-refractivity contribution is 8.00. The minimum atomic E-state index is -0.656. The molecule has 5 aromatic rings. The Labute approximate surface area is 311 Å². The van der Waals surface area contributed by atoms with Crippen LogP contribution in [0.1, 0.15) is 26.7 Å². The van der Waals surface area contributed by atoms with Crippen LogP contribution in [-0.2, 0) is 9.59 Å². The fourth-order valence-electron chi connectivity index (χ4n) is 5.06. The predicted octanol–water partition coefficient (Wildman–Crippen LogP) is 8.26. The molecule has 0 aliphatic heterocycles. The molecular weight excluding hydrogens is 702 g/mol. The summed E-state index contributed by atoms with van der Waals surface area (Å²) in [4.78, 5) is 41.3. The minimum Gasteiger partial charge on any atom is -0.495 e. The fraction of sp³-hybridized carbons (Fsp3) is 0.125. The van der Waals surface area contributed by atoms with Crippen molar-refractivity contribution in [2.75, 3.05) is 39.1 Å². The molecule has 52 heavy (non-hydrogen) atoms. The third-order valence-electron chi connectivity index (χ3n) is 7.69. The van der Waals surface area contributed by atoms with Crippen LogP contribution in [0, 0.1) is 0 Å². The summed E-state index contributed by atoms with van der Waals surface area (Å²) in [6.45, 7) is 0. The normalized spacial score (nSPS) is 11.5. The molecule has 0 aliphatic carbocycles. The molecule has 5 aromatic carbocycles. The molecule has 0 fully saturated rings.